The molecule has 5 heteroatoms. The Bertz CT molecular complexity index is 576. The molecule has 1 aromatic carbocycles. The highest BCUT2D eigenvalue weighted by Crippen LogP contribution is 2.25. The minimum atomic E-state index is 0.0724. The predicted molar refractivity (Wildman–Crippen MR) is 85.0 cm³/mol. The SMILES string of the molecule is COc1cc(C)cc(C)c1CC(=O)N1CCN(C(C)=O)CC1. The fourth-order valence-corrected chi connectivity index (χ4v) is 2.90. The van der Waals surface area contributed by atoms with Gasteiger partial charge in [0.15, 0.2) is 0 Å². The largest absolute Gasteiger partial charge is 0.496 e. The molecular formula is C17H24N2O3. The van der Waals surface area contributed by atoms with Gasteiger partial charge in [-0.1, -0.05) is 6.07 Å². The Labute approximate surface area is 131 Å². The van der Waals surface area contributed by atoms with Crippen LogP contribution in [0.1, 0.15) is 23.6 Å². The Balaban J connectivity index is 2.06. The number of methoxy groups -OCH3 is 1. The second kappa shape index (κ2) is 6.81. The number of hydrogen-bond acceptors (Lipinski definition) is 3. The zero-order valence-electron chi connectivity index (χ0n) is 13.8. The fourth-order valence-electron chi connectivity index (χ4n) is 2.90. The zero-order chi connectivity index (χ0) is 16.3. The number of amides is 2. The molecule has 2 amide bonds. The highest BCUT2D eigenvalue weighted by atomic mass is 16.5. The Morgan fingerprint density at radius 1 is 1.09 bits per heavy atom. The molecule has 1 saturated heterocycles. The number of benzene rings is 1. The topological polar surface area (TPSA) is 49.9 Å². The summed E-state index contributed by atoms with van der Waals surface area (Å²) in [5, 5.41) is 0. The number of rotatable bonds is 3. The lowest BCUT2D eigenvalue weighted by molar-refractivity contribution is -0.138. The first kappa shape index (κ1) is 16.3. The van der Waals surface area contributed by atoms with E-state index in [0.29, 0.717) is 32.6 Å². The molecule has 2 rings (SSSR count). The highest BCUT2D eigenvalue weighted by molar-refractivity contribution is 5.80. The van der Waals surface area contributed by atoms with Gasteiger partial charge in [-0.3, -0.25) is 9.59 Å². The molecule has 0 unspecified atom stereocenters. The first-order valence-corrected chi connectivity index (χ1v) is 7.59. The molecule has 120 valence electrons. The Morgan fingerprint density at radius 2 is 1.68 bits per heavy atom. The average Bonchev–Trinajstić information content (AvgIpc) is 2.49. The maximum Gasteiger partial charge on any atom is 0.227 e. The minimum absolute atomic E-state index is 0.0724. The number of aryl methyl sites for hydroxylation is 2. The molecule has 1 heterocycles. The molecular weight excluding hydrogens is 280 g/mol. The first-order valence-electron chi connectivity index (χ1n) is 7.59. The number of nitrogens with zero attached hydrogens (tertiary/aromatic N) is 2. The number of ether oxygens (including phenoxy) is 1. The number of carbonyl (C=O) groups excluding carboxylic acids is 2. The van der Waals surface area contributed by atoms with Crippen LogP contribution in [-0.4, -0.2) is 54.9 Å². The summed E-state index contributed by atoms with van der Waals surface area (Å²) >= 11 is 0. The second-order valence-corrected chi connectivity index (χ2v) is 5.83. The van der Waals surface area contributed by atoms with Crippen molar-refractivity contribution in [3.63, 3.8) is 0 Å². The highest BCUT2D eigenvalue weighted by Gasteiger charge is 2.23. The van der Waals surface area contributed by atoms with E-state index in [9.17, 15) is 9.59 Å². The van der Waals surface area contributed by atoms with Crippen LogP contribution in [0.15, 0.2) is 12.1 Å². The summed E-state index contributed by atoms with van der Waals surface area (Å²) in [6.45, 7) is 8.03. The Kier molecular flexibility index (Phi) is 5.06. The van der Waals surface area contributed by atoms with Crippen LogP contribution < -0.4 is 4.74 Å². The van der Waals surface area contributed by atoms with Gasteiger partial charge >= 0.3 is 0 Å². The van der Waals surface area contributed by atoms with Crippen LogP contribution >= 0.6 is 0 Å². The number of piperazine rings is 1. The lowest BCUT2D eigenvalue weighted by Gasteiger charge is -2.34. The summed E-state index contributed by atoms with van der Waals surface area (Å²) in [6.07, 6.45) is 0.343. The lowest BCUT2D eigenvalue weighted by atomic mass is 10.0. The van der Waals surface area contributed by atoms with Crippen molar-refractivity contribution in [2.75, 3.05) is 33.3 Å². The summed E-state index contributed by atoms with van der Waals surface area (Å²) in [5.41, 5.74) is 3.15. The van der Waals surface area contributed by atoms with E-state index in [-0.39, 0.29) is 11.8 Å². The van der Waals surface area contributed by atoms with Gasteiger partial charge in [-0.05, 0) is 31.0 Å². The van der Waals surface area contributed by atoms with Crippen molar-refractivity contribution in [1.29, 1.82) is 0 Å². The lowest BCUT2D eigenvalue weighted by Crippen LogP contribution is -2.50. The van der Waals surface area contributed by atoms with Gasteiger partial charge < -0.3 is 14.5 Å². The van der Waals surface area contributed by atoms with Crippen LogP contribution in [0.4, 0.5) is 0 Å². The van der Waals surface area contributed by atoms with Crippen molar-refractivity contribution in [3.8, 4) is 5.75 Å². The van der Waals surface area contributed by atoms with Gasteiger partial charge in [-0.15, -0.1) is 0 Å². The molecule has 0 aromatic heterocycles. The summed E-state index contributed by atoms with van der Waals surface area (Å²) in [7, 11) is 1.63. The molecule has 0 bridgehead atoms. The third kappa shape index (κ3) is 3.59. The van der Waals surface area contributed by atoms with Gasteiger partial charge in [0.25, 0.3) is 0 Å². The summed E-state index contributed by atoms with van der Waals surface area (Å²) in [6, 6.07) is 4.03. The van der Waals surface area contributed by atoms with Crippen LogP contribution in [-0.2, 0) is 16.0 Å². The molecule has 0 radical (unpaired) electrons. The third-order valence-electron chi connectivity index (χ3n) is 4.20. The maximum absolute atomic E-state index is 12.5. The van der Waals surface area contributed by atoms with Crippen molar-refractivity contribution in [2.45, 2.75) is 27.2 Å². The molecule has 0 aliphatic carbocycles. The third-order valence-corrected chi connectivity index (χ3v) is 4.20. The van der Waals surface area contributed by atoms with Crippen molar-refractivity contribution >= 4 is 11.8 Å². The minimum Gasteiger partial charge on any atom is -0.496 e. The van der Waals surface area contributed by atoms with E-state index >= 15 is 0 Å². The molecule has 22 heavy (non-hydrogen) atoms. The van der Waals surface area contributed by atoms with E-state index in [1.165, 1.54) is 0 Å². The molecule has 1 aromatic rings. The average molecular weight is 304 g/mol. The normalized spacial score (nSPS) is 14.9. The summed E-state index contributed by atoms with van der Waals surface area (Å²) < 4.78 is 5.42. The summed E-state index contributed by atoms with van der Waals surface area (Å²) in [4.78, 5) is 27.5. The molecule has 1 aliphatic rings. The number of carbonyl (C=O) groups is 2. The van der Waals surface area contributed by atoms with Crippen LogP contribution in [0.3, 0.4) is 0 Å². The van der Waals surface area contributed by atoms with E-state index in [1.807, 2.05) is 24.8 Å². The fraction of sp³-hybridized carbons (Fsp3) is 0.529. The standard InChI is InChI=1S/C17H24N2O3/c1-12-9-13(2)15(16(10-12)22-4)11-17(21)19-7-5-18(6-8-19)14(3)20/h9-10H,5-8,11H2,1-4H3. The van der Waals surface area contributed by atoms with Gasteiger partial charge in [0.05, 0.1) is 13.5 Å². The Morgan fingerprint density at radius 3 is 2.23 bits per heavy atom. The Hall–Kier alpha value is -2.04. The van der Waals surface area contributed by atoms with Crippen molar-refractivity contribution in [3.05, 3.63) is 28.8 Å². The molecule has 5 nitrogen and oxygen atoms in total. The van der Waals surface area contributed by atoms with Crippen molar-refractivity contribution in [2.24, 2.45) is 0 Å². The number of hydrogen-bond donors (Lipinski definition) is 0. The van der Waals surface area contributed by atoms with Crippen LogP contribution in [0.2, 0.25) is 0 Å². The monoisotopic (exact) mass is 304 g/mol. The first-order chi connectivity index (χ1) is 10.4. The molecule has 0 saturated carbocycles. The van der Waals surface area contributed by atoms with Gasteiger partial charge in [0.1, 0.15) is 5.75 Å². The molecule has 1 aliphatic heterocycles. The van der Waals surface area contributed by atoms with Crippen LogP contribution in [0.25, 0.3) is 0 Å². The molecule has 0 spiro atoms. The zero-order valence-corrected chi connectivity index (χ0v) is 13.8. The van der Waals surface area contributed by atoms with E-state index in [0.717, 1.165) is 22.4 Å². The van der Waals surface area contributed by atoms with Crippen LogP contribution in [0, 0.1) is 13.8 Å². The second-order valence-electron chi connectivity index (χ2n) is 5.83. The quantitative estimate of drug-likeness (QED) is 0.851. The van der Waals surface area contributed by atoms with E-state index < -0.39 is 0 Å². The maximum atomic E-state index is 12.5. The van der Waals surface area contributed by atoms with Gasteiger partial charge in [0.2, 0.25) is 11.8 Å². The molecule has 0 N–H and O–H groups in total. The summed E-state index contributed by atoms with van der Waals surface area (Å²) in [5.74, 6) is 0.935. The van der Waals surface area contributed by atoms with Gasteiger partial charge in [0, 0.05) is 38.7 Å². The molecule has 0 atom stereocenters. The molecule has 1 fully saturated rings. The van der Waals surface area contributed by atoms with E-state index in [2.05, 4.69) is 6.07 Å². The smallest absolute Gasteiger partial charge is 0.227 e. The van der Waals surface area contributed by atoms with Gasteiger partial charge in [-0.2, -0.15) is 0 Å². The van der Waals surface area contributed by atoms with Crippen LogP contribution in [0.5, 0.6) is 5.75 Å². The van der Waals surface area contributed by atoms with Crippen molar-refractivity contribution < 1.29 is 14.3 Å². The van der Waals surface area contributed by atoms with E-state index in [1.54, 1.807) is 18.9 Å². The van der Waals surface area contributed by atoms with Gasteiger partial charge in [-0.25, -0.2) is 0 Å². The van der Waals surface area contributed by atoms with Crippen molar-refractivity contribution in [1.82, 2.24) is 9.80 Å². The predicted octanol–water partition coefficient (Wildman–Crippen LogP) is 1.55. The van der Waals surface area contributed by atoms with E-state index in [4.69, 9.17) is 4.74 Å².